The standard InChI is InChI=1S/C44H42O2Si2/c1-27-25-35(29(3)23-33(27)31-15-13-21-41-43(31)45-37-17-9-11-19-39(37)47(41,5)6)36-26-28(2)34(24-30(36)4)32-16-14-22-42-44(32)46-38-18-10-12-20-40(38)48(42,7)8/h9-26H,1-8H3/i1D3,2D3,3D3,4D3,5D3,6D3,7D3,8D3. The lowest BCUT2D eigenvalue weighted by Gasteiger charge is -2.34. The predicted molar refractivity (Wildman–Crippen MR) is 208 cm³/mol. The molecule has 4 heteroatoms. The number of para-hydroxylation sites is 4. The highest BCUT2D eigenvalue weighted by atomic mass is 28.3. The first-order valence-corrected chi connectivity index (χ1v) is 19.0. The minimum Gasteiger partial charge on any atom is -0.457 e. The number of fused-ring (bicyclic) bond motifs is 4. The quantitative estimate of drug-likeness (QED) is 0.173. The maximum absolute atomic E-state index is 8.81. The van der Waals surface area contributed by atoms with Crippen molar-refractivity contribution in [3.8, 4) is 56.4 Å². The summed E-state index contributed by atoms with van der Waals surface area (Å²) < 4.78 is 223. The summed E-state index contributed by atoms with van der Waals surface area (Å²) in [4.78, 5) is 0. The van der Waals surface area contributed by atoms with Gasteiger partial charge in [0.15, 0.2) is 0 Å². The minimum atomic E-state index is -4.96. The van der Waals surface area contributed by atoms with Crippen molar-refractivity contribution >= 4 is 36.9 Å². The zero-order valence-electron chi connectivity index (χ0n) is 49.2. The highest BCUT2D eigenvalue weighted by Gasteiger charge is 2.38. The van der Waals surface area contributed by atoms with Crippen LogP contribution < -0.4 is 30.2 Å². The van der Waals surface area contributed by atoms with Gasteiger partial charge in [0.2, 0.25) is 0 Å². The van der Waals surface area contributed by atoms with Crippen LogP contribution in [0.4, 0.5) is 0 Å². The van der Waals surface area contributed by atoms with Crippen molar-refractivity contribution in [3.63, 3.8) is 0 Å². The van der Waals surface area contributed by atoms with Crippen LogP contribution in [0, 0.1) is 27.4 Å². The van der Waals surface area contributed by atoms with E-state index in [4.69, 9.17) is 42.4 Å². The Morgan fingerprint density at radius 3 is 1.12 bits per heavy atom. The fraction of sp³-hybridized carbons (Fsp3) is 0.182. The SMILES string of the molecule is [2H]C([2H])([2H])c1cc(-c2cccc3c2Oc2ccccc2[Si]3(C([2H])([2H])[2H])C([2H])([2H])[2H])c(C([2H])([2H])[2H])cc1-c1cc(C([2H])([2H])[2H])c(-c2cccc3c2Oc2ccccc2[Si]3(C([2H])([2H])[2H])C([2H])([2H])[2H])cc1C([2H])([2H])[2H]. The smallest absolute Gasteiger partial charge is 0.134 e. The second-order valence-corrected chi connectivity index (χ2v) is 17.1. The molecule has 0 atom stereocenters. The summed E-state index contributed by atoms with van der Waals surface area (Å²) >= 11 is 0. The Balaban J connectivity index is 1.47. The molecule has 0 radical (unpaired) electrons. The first-order valence-electron chi connectivity index (χ1n) is 27.0. The van der Waals surface area contributed by atoms with Gasteiger partial charge in [-0.25, -0.2) is 0 Å². The second kappa shape index (κ2) is 10.9. The highest BCUT2D eigenvalue weighted by Crippen LogP contribution is 2.43. The van der Waals surface area contributed by atoms with E-state index < -0.39 is 103 Å². The molecule has 2 aliphatic heterocycles. The molecule has 6 aromatic rings. The Kier molecular flexibility index (Phi) is 3.21. The van der Waals surface area contributed by atoms with Gasteiger partial charge in [-0.1, -0.05) is 123 Å². The molecule has 8 rings (SSSR count). The molecule has 238 valence electrons. The van der Waals surface area contributed by atoms with Crippen LogP contribution in [0.2, 0.25) is 25.9 Å². The molecule has 0 spiro atoms. The fourth-order valence-corrected chi connectivity index (χ4v) is 10.7. The Hall–Kier alpha value is -4.65. The summed E-state index contributed by atoms with van der Waals surface area (Å²) in [5, 5.41) is -0.632. The first-order chi connectivity index (χ1) is 32.8. The maximum atomic E-state index is 8.81. The molecule has 0 fully saturated rings. The molecule has 0 saturated heterocycles. The maximum Gasteiger partial charge on any atom is 0.134 e. The summed E-state index contributed by atoms with van der Waals surface area (Å²) in [5.74, 6) is -0.944. The van der Waals surface area contributed by atoms with Gasteiger partial charge >= 0.3 is 0 Å². The van der Waals surface area contributed by atoms with E-state index in [0.29, 0.717) is 0 Å². The Labute approximate surface area is 320 Å². The summed E-state index contributed by atoms with van der Waals surface area (Å²) in [7, 11) is -9.93. The molecular weight excluding hydrogens is 617 g/mol. The summed E-state index contributed by atoms with van der Waals surface area (Å²) in [6.45, 7) is -25.5. The van der Waals surface area contributed by atoms with Crippen LogP contribution in [0.1, 0.15) is 55.2 Å². The average Bonchev–Trinajstić information content (AvgIpc) is 3.23. The van der Waals surface area contributed by atoms with Crippen LogP contribution in [0.15, 0.2) is 109 Å². The number of hydrogen-bond donors (Lipinski definition) is 0. The van der Waals surface area contributed by atoms with Gasteiger partial charge in [-0.05, 0) is 105 Å². The van der Waals surface area contributed by atoms with Gasteiger partial charge in [-0.2, -0.15) is 0 Å². The molecule has 0 unspecified atom stereocenters. The zero-order chi connectivity index (χ0) is 53.5. The van der Waals surface area contributed by atoms with Crippen molar-refractivity contribution in [2.75, 3.05) is 0 Å². The van der Waals surface area contributed by atoms with E-state index in [1.165, 1.54) is 84.9 Å². The van der Waals surface area contributed by atoms with Gasteiger partial charge in [0.25, 0.3) is 0 Å². The third-order valence-electron chi connectivity index (χ3n) is 9.03. The van der Waals surface area contributed by atoms with Gasteiger partial charge < -0.3 is 9.47 Å². The van der Waals surface area contributed by atoms with Crippen LogP contribution in [-0.2, 0) is 0 Å². The van der Waals surface area contributed by atoms with Gasteiger partial charge in [-0.3, -0.25) is 0 Å². The lowest BCUT2D eigenvalue weighted by atomic mass is 9.87. The van der Waals surface area contributed by atoms with Gasteiger partial charge in [-0.15, -0.1) is 0 Å². The third kappa shape index (κ3) is 4.57. The van der Waals surface area contributed by atoms with E-state index in [-0.39, 0.29) is 66.0 Å². The Morgan fingerprint density at radius 2 is 0.750 bits per heavy atom. The largest absolute Gasteiger partial charge is 0.457 e. The van der Waals surface area contributed by atoms with E-state index in [1.54, 1.807) is 0 Å². The molecule has 0 bridgehead atoms. The molecule has 0 aromatic heterocycles. The molecule has 0 amide bonds. The van der Waals surface area contributed by atoms with Crippen LogP contribution in [0.3, 0.4) is 0 Å². The average molecular weight is 683 g/mol. The molecule has 6 aromatic carbocycles. The fourth-order valence-electron chi connectivity index (χ4n) is 6.64. The van der Waals surface area contributed by atoms with Crippen molar-refractivity contribution in [1.29, 1.82) is 0 Å². The summed E-state index contributed by atoms with van der Waals surface area (Å²) in [5.41, 5.74) is -4.87. The molecule has 0 saturated carbocycles. The molecule has 48 heavy (non-hydrogen) atoms. The van der Waals surface area contributed by atoms with Crippen LogP contribution in [0.25, 0.3) is 33.4 Å². The second-order valence-electron chi connectivity index (χ2n) is 11.9. The number of aryl methyl sites for hydroxylation is 4. The van der Waals surface area contributed by atoms with Gasteiger partial charge in [0.05, 0.1) is 0 Å². The number of benzene rings is 6. The topological polar surface area (TPSA) is 18.5 Å². The third-order valence-corrected chi connectivity index (χ3v) is 13.9. The molecule has 0 N–H and O–H groups in total. The van der Waals surface area contributed by atoms with Crippen LogP contribution in [-0.4, -0.2) is 16.1 Å². The monoisotopic (exact) mass is 682 g/mol. The van der Waals surface area contributed by atoms with Crippen molar-refractivity contribution < 1.29 is 42.4 Å². The Morgan fingerprint density at radius 1 is 0.396 bits per heavy atom. The van der Waals surface area contributed by atoms with E-state index >= 15 is 0 Å². The summed E-state index contributed by atoms with van der Waals surface area (Å²) in [6.07, 6.45) is 0. The van der Waals surface area contributed by atoms with Gasteiger partial charge in [0, 0.05) is 44.0 Å². The van der Waals surface area contributed by atoms with Crippen LogP contribution >= 0.6 is 0 Å². The lowest BCUT2D eigenvalue weighted by Crippen LogP contribution is -2.56. The minimum absolute atomic E-state index is 0.0710. The van der Waals surface area contributed by atoms with Gasteiger partial charge in [0.1, 0.15) is 39.1 Å². The zero-order valence-corrected chi connectivity index (χ0v) is 27.2. The predicted octanol–water partition coefficient (Wildman–Crippen LogP) is 9.78. The van der Waals surface area contributed by atoms with E-state index in [2.05, 4.69) is 0 Å². The molecule has 2 nitrogen and oxygen atoms in total. The van der Waals surface area contributed by atoms with E-state index in [0.717, 1.165) is 24.3 Å². The van der Waals surface area contributed by atoms with Crippen molar-refractivity contribution in [1.82, 2.24) is 0 Å². The molecule has 2 aliphatic rings. The van der Waals surface area contributed by atoms with Crippen molar-refractivity contribution in [2.45, 2.75) is 53.3 Å². The number of ether oxygens (including phenoxy) is 2. The Bertz CT molecular complexity index is 2910. The van der Waals surface area contributed by atoms with Crippen molar-refractivity contribution in [3.05, 3.63) is 131 Å². The van der Waals surface area contributed by atoms with E-state index in [1.807, 2.05) is 0 Å². The molecule has 0 aliphatic carbocycles. The summed E-state index contributed by atoms with van der Waals surface area (Å²) in [6, 6.07) is 22.8. The highest BCUT2D eigenvalue weighted by molar-refractivity contribution is 7.02. The molecule has 2 heterocycles. The van der Waals surface area contributed by atoms with E-state index in [9.17, 15) is 0 Å². The first kappa shape index (κ1) is 14.1. The normalized spacial score (nSPS) is 24.4. The lowest BCUT2D eigenvalue weighted by molar-refractivity contribution is 0.488. The number of hydrogen-bond acceptors (Lipinski definition) is 2. The molecular formula is C44H42O2Si2. The number of rotatable bonds is 3. The van der Waals surface area contributed by atoms with Crippen molar-refractivity contribution in [2.24, 2.45) is 0 Å². The van der Waals surface area contributed by atoms with Crippen LogP contribution in [0.5, 0.6) is 23.0 Å².